The smallest absolute Gasteiger partial charge is 0.167 e. The molecule has 25 heavy (non-hydrogen) atoms. The molecular formula is C21H17NO2S. The van der Waals surface area contributed by atoms with Crippen LogP contribution in [0.1, 0.15) is 11.3 Å². The first-order valence-electron chi connectivity index (χ1n) is 8.12. The van der Waals surface area contributed by atoms with E-state index in [2.05, 4.69) is 23.4 Å². The van der Waals surface area contributed by atoms with Gasteiger partial charge in [-0.2, -0.15) is 0 Å². The fourth-order valence-electron chi connectivity index (χ4n) is 2.93. The number of fused-ring (bicyclic) bond motifs is 1. The first kappa shape index (κ1) is 15.8. The fourth-order valence-corrected chi connectivity index (χ4v) is 4.09. The maximum atomic E-state index is 12.6. The minimum absolute atomic E-state index is 0.388. The van der Waals surface area contributed by atoms with Crippen LogP contribution in [0.5, 0.6) is 0 Å². The van der Waals surface area contributed by atoms with Crippen LogP contribution >= 0.6 is 0 Å². The molecule has 0 saturated carbocycles. The average Bonchev–Trinajstić information content (AvgIpc) is 3.11. The molecule has 124 valence electrons. The lowest BCUT2D eigenvalue weighted by Crippen LogP contribution is -2.00. The molecule has 0 fully saturated rings. The molecule has 3 nitrogen and oxygen atoms in total. The van der Waals surface area contributed by atoms with Gasteiger partial charge >= 0.3 is 0 Å². The maximum Gasteiger partial charge on any atom is 0.167 e. The van der Waals surface area contributed by atoms with E-state index in [1.807, 2.05) is 60.7 Å². The lowest BCUT2D eigenvalue weighted by atomic mass is 10.1. The van der Waals surface area contributed by atoms with Crippen LogP contribution in [0.2, 0.25) is 0 Å². The van der Waals surface area contributed by atoms with Gasteiger partial charge in [-0.25, -0.2) is 0 Å². The van der Waals surface area contributed by atoms with Crippen LogP contribution in [0.4, 0.5) is 0 Å². The first-order chi connectivity index (χ1) is 12.3. The van der Waals surface area contributed by atoms with Crippen LogP contribution < -0.4 is 0 Å². The van der Waals surface area contributed by atoms with Crippen molar-refractivity contribution in [1.82, 2.24) is 5.16 Å². The van der Waals surface area contributed by atoms with Crippen LogP contribution in [0, 0.1) is 0 Å². The molecule has 0 bridgehead atoms. The van der Waals surface area contributed by atoms with Crippen molar-refractivity contribution in [3.63, 3.8) is 0 Å². The number of hydrogen-bond donors (Lipinski definition) is 0. The molecule has 0 aliphatic heterocycles. The van der Waals surface area contributed by atoms with Gasteiger partial charge in [-0.15, -0.1) is 0 Å². The molecule has 0 N–H and O–H groups in total. The van der Waals surface area contributed by atoms with Gasteiger partial charge in [0.2, 0.25) is 0 Å². The van der Waals surface area contributed by atoms with Crippen molar-refractivity contribution in [1.29, 1.82) is 0 Å². The Kier molecular flexibility index (Phi) is 4.44. The zero-order chi connectivity index (χ0) is 17.1. The summed E-state index contributed by atoms with van der Waals surface area (Å²) in [5, 5.41) is 6.40. The summed E-state index contributed by atoms with van der Waals surface area (Å²) < 4.78 is 18.0. The van der Waals surface area contributed by atoms with Crippen molar-refractivity contribution >= 4 is 21.6 Å². The minimum atomic E-state index is -1.04. The van der Waals surface area contributed by atoms with E-state index in [-0.39, 0.29) is 0 Å². The maximum absolute atomic E-state index is 12.6. The van der Waals surface area contributed by atoms with E-state index < -0.39 is 10.8 Å². The molecule has 4 rings (SSSR count). The van der Waals surface area contributed by atoms with Crippen molar-refractivity contribution in [2.75, 3.05) is 0 Å². The molecule has 1 aromatic heterocycles. The fraction of sp³-hybridized carbons (Fsp3) is 0.0952. The van der Waals surface area contributed by atoms with Crippen LogP contribution in [0.3, 0.4) is 0 Å². The molecule has 4 heteroatoms. The second kappa shape index (κ2) is 7.03. The van der Waals surface area contributed by atoms with E-state index >= 15 is 0 Å². The molecule has 0 aliphatic rings. The highest BCUT2D eigenvalue weighted by molar-refractivity contribution is 7.83. The van der Waals surface area contributed by atoms with E-state index in [1.165, 1.54) is 5.39 Å². The second-order valence-corrected chi connectivity index (χ2v) is 7.37. The quantitative estimate of drug-likeness (QED) is 0.513. The molecule has 3 aromatic carbocycles. The zero-order valence-electron chi connectivity index (χ0n) is 13.6. The Morgan fingerprint density at radius 2 is 1.60 bits per heavy atom. The zero-order valence-corrected chi connectivity index (χ0v) is 14.4. The average molecular weight is 347 g/mol. The molecule has 0 amide bonds. The Balaban J connectivity index is 1.50. The summed E-state index contributed by atoms with van der Waals surface area (Å²) in [5.74, 6) is 1.60. The van der Waals surface area contributed by atoms with Crippen LogP contribution in [-0.2, 0) is 22.3 Å². The third-order valence-corrected chi connectivity index (χ3v) is 5.37. The lowest BCUT2D eigenvalue weighted by molar-refractivity contribution is 0.426. The molecule has 1 heterocycles. The first-order valence-corrected chi connectivity index (χ1v) is 9.61. The molecular weight excluding hydrogens is 330 g/mol. The normalized spacial score (nSPS) is 12.3. The topological polar surface area (TPSA) is 43.1 Å². The number of benzene rings is 3. The molecule has 0 saturated heterocycles. The highest BCUT2D eigenvalue weighted by Gasteiger charge is 2.11. The highest BCUT2D eigenvalue weighted by atomic mass is 32.2. The van der Waals surface area contributed by atoms with E-state index in [9.17, 15) is 4.21 Å². The summed E-state index contributed by atoms with van der Waals surface area (Å²) in [6, 6.07) is 26.0. The van der Waals surface area contributed by atoms with Crippen LogP contribution in [-0.4, -0.2) is 9.37 Å². The Bertz CT molecular complexity index is 1020. The van der Waals surface area contributed by atoms with Crippen LogP contribution in [0.25, 0.3) is 22.1 Å². The van der Waals surface area contributed by atoms with Gasteiger partial charge < -0.3 is 4.52 Å². The Hall–Kier alpha value is -2.72. The van der Waals surface area contributed by atoms with Gasteiger partial charge in [0.25, 0.3) is 0 Å². The van der Waals surface area contributed by atoms with Gasteiger partial charge in [0.1, 0.15) is 0 Å². The summed E-state index contributed by atoms with van der Waals surface area (Å²) in [6.45, 7) is 0. The van der Waals surface area contributed by atoms with E-state index in [1.54, 1.807) is 0 Å². The second-order valence-electron chi connectivity index (χ2n) is 5.92. The Morgan fingerprint density at radius 1 is 0.840 bits per heavy atom. The largest absolute Gasteiger partial charge is 0.356 e. The van der Waals surface area contributed by atoms with Gasteiger partial charge in [-0.3, -0.25) is 4.21 Å². The standard InChI is InChI=1S/C21H17NO2S/c23-25(14-18-11-6-10-16-7-4-5-12-20(16)18)15-19-13-21(24-22-19)17-8-2-1-3-9-17/h1-13H,14-15H2. The molecule has 0 aliphatic carbocycles. The lowest BCUT2D eigenvalue weighted by Gasteiger charge is -2.05. The third kappa shape index (κ3) is 3.54. The Labute approximate surface area is 148 Å². The number of nitrogens with zero attached hydrogens (tertiary/aromatic N) is 1. The molecule has 4 aromatic rings. The van der Waals surface area contributed by atoms with E-state index in [0.717, 1.165) is 22.2 Å². The molecule has 0 spiro atoms. The van der Waals surface area contributed by atoms with Crippen molar-refractivity contribution in [2.45, 2.75) is 11.5 Å². The Morgan fingerprint density at radius 3 is 2.48 bits per heavy atom. The summed E-state index contributed by atoms with van der Waals surface area (Å²) in [4.78, 5) is 0. The summed E-state index contributed by atoms with van der Waals surface area (Å²) in [5.41, 5.74) is 2.79. The van der Waals surface area contributed by atoms with Crippen molar-refractivity contribution < 1.29 is 8.73 Å². The highest BCUT2D eigenvalue weighted by Crippen LogP contribution is 2.23. The molecule has 1 atom stereocenters. The summed E-state index contributed by atoms with van der Waals surface area (Å²) in [7, 11) is -1.04. The van der Waals surface area contributed by atoms with Crippen molar-refractivity contribution in [3.05, 3.63) is 90.1 Å². The number of hydrogen-bond acceptors (Lipinski definition) is 3. The SMILES string of the molecule is O=S(Cc1cc(-c2ccccc2)on1)Cc1cccc2ccccc12. The van der Waals surface area contributed by atoms with Gasteiger partial charge in [-0.1, -0.05) is 78.0 Å². The summed E-state index contributed by atoms with van der Waals surface area (Å²) >= 11 is 0. The van der Waals surface area contributed by atoms with E-state index in [0.29, 0.717) is 17.3 Å². The van der Waals surface area contributed by atoms with E-state index in [4.69, 9.17) is 4.52 Å². The number of rotatable bonds is 5. The van der Waals surface area contributed by atoms with Gasteiger partial charge in [0.15, 0.2) is 5.76 Å². The van der Waals surface area contributed by atoms with Gasteiger partial charge in [0, 0.05) is 28.2 Å². The number of aromatic nitrogens is 1. The predicted molar refractivity (Wildman–Crippen MR) is 101 cm³/mol. The third-order valence-electron chi connectivity index (χ3n) is 4.12. The van der Waals surface area contributed by atoms with Crippen LogP contribution in [0.15, 0.2) is 83.4 Å². The monoisotopic (exact) mass is 347 g/mol. The van der Waals surface area contributed by atoms with Gasteiger partial charge in [0.05, 0.1) is 11.4 Å². The van der Waals surface area contributed by atoms with Crippen molar-refractivity contribution in [3.8, 4) is 11.3 Å². The predicted octanol–water partition coefficient (Wildman–Crippen LogP) is 4.94. The molecule has 0 radical (unpaired) electrons. The minimum Gasteiger partial charge on any atom is -0.356 e. The van der Waals surface area contributed by atoms with Gasteiger partial charge in [-0.05, 0) is 16.3 Å². The van der Waals surface area contributed by atoms with Crippen molar-refractivity contribution in [2.24, 2.45) is 0 Å². The summed E-state index contributed by atoms with van der Waals surface area (Å²) in [6.07, 6.45) is 0. The molecule has 1 unspecified atom stereocenters.